The van der Waals surface area contributed by atoms with Gasteiger partial charge in [0.2, 0.25) is 5.91 Å². The molecule has 4 heteroatoms. The number of nitrogens with two attached hydrogens (primary N) is 1. The summed E-state index contributed by atoms with van der Waals surface area (Å²) in [5.41, 5.74) is 6.51. The number of anilines is 1. The predicted octanol–water partition coefficient (Wildman–Crippen LogP) is 1.84. The van der Waals surface area contributed by atoms with E-state index in [4.69, 9.17) is 10.5 Å². The highest BCUT2D eigenvalue weighted by molar-refractivity contribution is 5.88. The van der Waals surface area contributed by atoms with Gasteiger partial charge in [-0.1, -0.05) is 12.1 Å². The van der Waals surface area contributed by atoms with E-state index >= 15 is 0 Å². The zero-order valence-electron chi connectivity index (χ0n) is 11.8. The molecule has 1 aromatic carbocycles. The number of carbonyl (C=O) groups is 1. The molecule has 0 radical (unpaired) electrons. The molecule has 0 bridgehead atoms. The van der Waals surface area contributed by atoms with Crippen molar-refractivity contribution in [3.63, 3.8) is 0 Å². The molecule has 1 saturated heterocycles. The first-order valence-electron chi connectivity index (χ1n) is 6.60. The molecule has 0 saturated carbocycles. The molecule has 1 unspecified atom stereocenters. The second-order valence-corrected chi connectivity index (χ2v) is 6.06. The Hall–Kier alpha value is -1.55. The fraction of sp³-hybridized carbons (Fsp3) is 0.533. The predicted molar refractivity (Wildman–Crippen MR) is 75.9 cm³/mol. The number of carbonyl (C=O) groups excluding carboxylic acids is 1. The van der Waals surface area contributed by atoms with Crippen molar-refractivity contribution in [3.05, 3.63) is 29.8 Å². The van der Waals surface area contributed by atoms with Crippen LogP contribution in [0.4, 0.5) is 5.69 Å². The van der Waals surface area contributed by atoms with E-state index in [1.165, 1.54) is 0 Å². The van der Waals surface area contributed by atoms with Crippen LogP contribution in [0.15, 0.2) is 24.3 Å². The van der Waals surface area contributed by atoms with Crippen LogP contribution in [0.2, 0.25) is 0 Å². The molecular formula is C15H22N2O2. The number of benzene rings is 1. The summed E-state index contributed by atoms with van der Waals surface area (Å²) in [4.78, 5) is 12.5. The summed E-state index contributed by atoms with van der Waals surface area (Å²) >= 11 is 0. The van der Waals surface area contributed by atoms with Crippen molar-refractivity contribution < 1.29 is 9.53 Å². The molecule has 2 rings (SSSR count). The number of amides is 1. The summed E-state index contributed by atoms with van der Waals surface area (Å²) in [5.74, 6) is 0.0188. The first-order valence-corrected chi connectivity index (χ1v) is 6.60. The Labute approximate surface area is 114 Å². The minimum Gasteiger partial charge on any atom is -0.399 e. The number of hydrogen-bond donors (Lipinski definition) is 2. The molecule has 0 aromatic heterocycles. The molecule has 1 aliphatic rings. The SMILES string of the molecule is CC1(NC(=O)C(C)(C)c2ccc(N)cc2)CCOC1. The second kappa shape index (κ2) is 4.85. The smallest absolute Gasteiger partial charge is 0.230 e. The summed E-state index contributed by atoms with van der Waals surface area (Å²) in [6.45, 7) is 7.16. The molecule has 0 aliphatic carbocycles. The van der Waals surface area contributed by atoms with Gasteiger partial charge >= 0.3 is 0 Å². The van der Waals surface area contributed by atoms with E-state index in [1.54, 1.807) is 0 Å². The Morgan fingerprint density at radius 1 is 1.37 bits per heavy atom. The molecular weight excluding hydrogens is 240 g/mol. The molecule has 1 aromatic rings. The van der Waals surface area contributed by atoms with Gasteiger partial charge in [0.15, 0.2) is 0 Å². The zero-order chi connectivity index (χ0) is 14.1. The monoisotopic (exact) mass is 262 g/mol. The Morgan fingerprint density at radius 3 is 2.53 bits per heavy atom. The molecule has 1 atom stereocenters. The Kier molecular flexibility index (Phi) is 3.54. The summed E-state index contributed by atoms with van der Waals surface area (Å²) in [5, 5.41) is 3.11. The van der Waals surface area contributed by atoms with Crippen molar-refractivity contribution in [3.8, 4) is 0 Å². The van der Waals surface area contributed by atoms with Gasteiger partial charge in [-0.2, -0.15) is 0 Å². The first kappa shape index (κ1) is 13.9. The largest absolute Gasteiger partial charge is 0.399 e. The van der Waals surface area contributed by atoms with Gasteiger partial charge in [0, 0.05) is 12.3 Å². The average molecular weight is 262 g/mol. The van der Waals surface area contributed by atoms with E-state index in [0.717, 1.165) is 12.0 Å². The molecule has 4 nitrogen and oxygen atoms in total. The number of ether oxygens (including phenoxy) is 1. The van der Waals surface area contributed by atoms with Crippen molar-refractivity contribution in [1.82, 2.24) is 5.32 Å². The lowest BCUT2D eigenvalue weighted by molar-refractivity contribution is -0.127. The van der Waals surface area contributed by atoms with Crippen molar-refractivity contribution in [2.75, 3.05) is 18.9 Å². The van der Waals surface area contributed by atoms with Crippen LogP contribution >= 0.6 is 0 Å². The topological polar surface area (TPSA) is 64.4 Å². The molecule has 1 aliphatic heterocycles. The maximum absolute atomic E-state index is 12.5. The van der Waals surface area contributed by atoms with E-state index < -0.39 is 5.41 Å². The highest BCUT2D eigenvalue weighted by Crippen LogP contribution is 2.26. The fourth-order valence-corrected chi connectivity index (χ4v) is 2.23. The van der Waals surface area contributed by atoms with Gasteiger partial charge in [-0.15, -0.1) is 0 Å². The van der Waals surface area contributed by atoms with Crippen LogP contribution < -0.4 is 11.1 Å². The Balaban J connectivity index is 2.14. The minimum atomic E-state index is -0.584. The molecule has 1 heterocycles. The normalized spacial score (nSPS) is 23.3. The second-order valence-electron chi connectivity index (χ2n) is 6.06. The molecule has 104 valence electrons. The highest BCUT2D eigenvalue weighted by Gasteiger charge is 2.37. The van der Waals surface area contributed by atoms with Crippen LogP contribution in [0.1, 0.15) is 32.8 Å². The quantitative estimate of drug-likeness (QED) is 0.817. The average Bonchev–Trinajstić information content (AvgIpc) is 2.76. The lowest BCUT2D eigenvalue weighted by Gasteiger charge is -2.31. The standard InChI is InChI=1S/C15H22N2O2/c1-14(2,11-4-6-12(16)7-5-11)13(18)17-15(3)8-9-19-10-15/h4-7H,8-10,16H2,1-3H3,(H,17,18). The third kappa shape index (κ3) is 2.89. The van der Waals surface area contributed by atoms with Gasteiger partial charge in [-0.05, 0) is 44.9 Å². The third-order valence-electron chi connectivity index (χ3n) is 3.83. The number of nitrogens with one attached hydrogen (secondary N) is 1. The lowest BCUT2D eigenvalue weighted by Crippen LogP contribution is -2.52. The minimum absolute atomic E-state index is 0.0188. The van der Waals surface area contributed by atoms with E-state index in [2.05, 4.69) is 5.32 Å². The molecule has 1 fully saturated rings. The number of nitrogen functional groups attached to an aromatic ring is 1. The van der Waals surface area contributed by atoms with Crippen LogP contribution in [0.5, 0.6) is 0 Å². The van der Waals surface area contributed by atoms with Crippen LogP contribution in [0.3, 0.4) is 0 Å². The first-order chi connectivity index (χ1) is 8.83. The summed E-state index contributed by atoms with van der Waals surface area (Å²) in [7, 11) is 0. The number of rotatable bonds is 3. The van der Waals surface area contributed by atoms with Crippen LogP contribution in [0, 0.1) is 0 Å². The van der Waals surface area contributed by atoms with Crippen LogP contribution in [-0.2, 0) is 14.9 Å². The van der Waals surface area contributed by atoms with Gasteiger partial charge in [0.05, 0.1) is 17.6 Å². The van der Waals surface area contributed by atoms with Crippen molar-refractivity contribution in [2.24, 2.45) is 0 Å². The summed E-state index contributed by atoms with van der Waals surface area (Å²) in [6.07, 6.45) is 0.858. The van der Waals surface area contributed by atoms with E-state index in [0.29, 0.717) is 18.9 Å². The van der Waals surface area contributed by atoms with E-state index in [1.807, 2.05) is 45.0 Å². The summed E-state index contributed by atoms with van der Waals surface area (Å²) in [6, 6.07) is 7.46. The highest BCUT2D eigenvalue weighted by atomic mass is 16.5. The lowest BCUT2D eigenvalue weighted by atomic mass is 9.82. The van der Waals surface area contributed by atoms with E-state index in [9.17, 15) is 4.79 Å². The molecule has 0 spiro atoms. The van der Waals surface area contributed by atoms with Gasteiger partial charge in [-0.25, -0.2) is 0 Å². The Bertz CT molecular complexity index is 460. The van der Waals surface area contributed by atoms with E-state index in [-0.39, 0.29) is 11.4 Å². The van der Waals surface area contributed by atoms with Crippen molar-refractivity contribution in [1.29, 1.82) is 0 Å². The molecule has 19 heavy (non-hydrogen) atoms. The van der Waals surface area contributed by atoms with Crippen molar-refractivity contribution >= 4 is 11.6 Å². The van der Waals surface area contributed by atoms with Gasteiger partial charge in [0.1, 0.15) is 0 Å². The zero-order valence-corrected chi connectivity index (χ0v) is 11.8. The van der Waals surface area contributed by atoms with Crippen LogP contribution in [-0.4, -0.2) is 24.7 Å². The van der Waals surface area contributed by atoms with Crippen LogP contribution in [0.25, 0.3) is 0 Å². The van der Waals surface area contributed by atoms with Gasteiger partial charge < -0.3 is 15.8 Å². The fourth-order valence-electron chi connectivity index (χ4n) is 2.23. The number of hydrogen-bond acceptors (Lipinski definition) is 3. The summed E-state index contributed by atoms with van der Waals surface area (Å²) < 4.78 is 5.36. The molecule has 3 N–H and O–H groups in total. The van der Waals surface area contributed by atoms with Gasteiger partial charge in [0.25, 0.3) is 0 Å². The Morgan fingerprint density at radius 2 is 2.00 bits per heavy atom. The third-order valence-corrected chi connectivity index (χ3v) is 3.83. The maximum Gasteiger partial charge on any atom is 0.230 e. The van der Waals surface area contributed by atoms with Crippen molar-refractivity contribution in [2.45, 2.75) is 38.1 Å². The van der Waals surface area contributed by atoms with Gasteiger partial charge in [-0.3, -0.25) is 4.79 Å². The maximum atomic E-state index is 12.5. The molecule has 1 amide bonds.